The van der Waals surface area contributed by atoms with E-state index in [9.17, 15) is 0 Å². The third-order valence-corrected chi connectivity index (χ3v) is 6.43. The fraction of sp³-hybridized carbons (Fsp3) is 0.733. The van der Waals surface area contributed by atoms with E-state index in [1.54, 1.807) is 11.1 Å². The van der Waals surface area contributed by atoms with Crippen LogP contribution >= 0.6 is 30.1 Å². The van der Waals surface area contributed by atoms with Gasteiger partial charge in [0.2, 0.25) is 0 Å². The molecule has 0 fully saturated rings. The molecule has 0 saturated carbocycles. The van der Waals surface area contributed by atoms with Crippen molar-refractivity contribution in [3.8, 4) is 0 Å². The van der Waals surface area contributed by atoms with Gasteiger partial charge in [0.15, 0.2) is 0 Å². The van der Waals surface area contributed by atoms with Gasteiger partial charge in [-0.05, 0) is 73.1 Å². The van der Waals surface area contributed by atoms with Gasteiger partial charge in [0.25, 0.3) is 0 Å². The Bertz CT molecular complexity index is 326. The van der Waals surface area contributed by atoms with Crippen LogP contribution in [0.25, 0.3) is 0 Å². The predicted octanol–water partition coefficient (Wildman–Crippen LogP) is 6.32. The zero-order valence-corrected chi connectivity index (χ0v) is 14.7. The molecule has 2 heteroatoms. The second-order valence-electron chi connectivity index (χ2n) is 5.85. The van der Waals surface area contributed by atoms with E-state index in [1.165, 1.54) is 31.3 Å². The van der Waals surface area contributed by atoms with Gasteiger partial charge in [-0.25, -0.2) is 0 Å². The van der Waals surface area contributed by atoms with E-state index < -0.39 is 0 Å². The van der Waals surface area contributed by atoms with Gasteiger partial charge < -0.3 is 0 Å². The Kier molecular flexibility index (Phi) is 6.11. The largest absolute Gasteiger partial charge is 0.0887 e. The van der Waals surface area contributed by atoms with Crippen LogP contribution in [0.15, 0.2) is 22.8 Å². The smallest absolute Gasteiger partial charge is 0.0401 e. The van der Waals surface area contributed by atoms with Crippen LogP contribution in [0.2, 0.25) is 0 Å². The number of allylic oxidation sites excluding steroid dienone is 3. The summed E-state index contributed by atoms with van der Waals surface area (Å²) in [5.41, 5.74) is 5.30. The Morgan fingerprint density at radius 2 is 2.18 bits per heavy atom. The molecule has 1 atom stereocenters. The van der Waals surface area contributed by atoms with Gasteiger partial charge in [-0.2, -0.15) is 0 Å². The minimum atomic E-state index is 0.402. The van der Waals surface area contributed by atoms with Crippen LogP contribution in [0.5, 0.6) is 0 Å². The first-order valence-electron chi connectivity index (χ1n) is 6.51. The molecule has 0 aliphatic heterocycles. The topological polar surface area (TPSA) is 0 Å². The molecule has 0 nitrogen and oxygen atoms in total. The van der Waals surface area contributed by atoms with Crippen molar-refractivity contribution in [2.24, 2.45) is 5.41 Å². The monoisotopic (exact) mass is 364 g/mol. The van der Waals surface area contributed by atoms with E-state index in [2.05, 4.69) is 61.9 Å². The van der Waals surface area contributed by atoms with E-state index in [0.717, 1.165) is 0 Å². The maximum Gasteiger partial charge on any atom is 0.0401 e. The molecule has 0 aromatic rings. The Morgan fingerprint density at radius 3 is 2.65 bits per heavy atom. The fourth-order valence-electron chi connectivity index (χ4n) is 2.94. The Balaban J connectivity index is 3.00. The third-order valence-electron chi connectivity index (χ3n) is 3.97. The van der Waals surface area contributed by atoms with Crippen molar-refractivity contribution in [1.29, 1.82) is 0 Å². The highest BCUT2D eigenvalue weighted by molar-refractivity contribution is 14.2. The van der Waals surface area contributed by atoms with Crippen molar-refractivity contribution in [3.63, 3.8) is 0 Å². The number of hydrogen-bond donors (Lipinski definition) is 0. The molecule has 0 N–H and O–H groups in total. The minimum absolute atomic E-state index is 0.402. The molecule has 0 aromatic heterocycles. The van der Waals surface area contributed by atoms with Crippen LogP contribution in [0.4, 0.5) is 0 Å². The molecule has 0 bridgehead atoms. The fourth-order valence-corrected chi connectivity index (χ4v) is 5.18. The van der Waals surface area contributed by atoms with Crippen LogP contribution in [0, 0.1) is 5.41 Å². The van der Waals surface area contributed by atoms with Crippen LogP contribution < -0.4 is 0 Å². The summed E-state index contributed by atoms with van der Waals surface area (Å²) < 4.78 is 0. The first kappa shape index (κ1) is 15.6. The summed E-state index contributed by atoms with van der Waals surface area (Å²) in [4.78, 5) is 0. The molecule has 0 radical (unpaired) electrons. The summed E-state index contributed by atoms with van der Waals surface area (Å²) in [6.45, 7) is 11.6. The highest BCUT2D eigenvalue weighted by Gasteiger charge is 2.33. The Hall–Kier alpha value is 0.560. The van der Waals surface area contributed by atoms with Crippen LogP contribution in [-0.2, 0) is 0 Å². The van der Waals surface area contributed by atoms with Crippen molar-refractivity contribution < 1.29 is 0 Å². The molecular weight excluding hydrogens is 339 g/mol. The molecule has 0 saturated heterocycles. The molecule has 1 unspecified atom stereocenters. The number of halogens is 1. The molecule has 0 spiro atoms. The Labute approximate surface area is 123 Å². The highest BCUT2D eigenvalue weighted by Crippen LogP contribution is 2.47. The Morgan fingerprint density at radius 1 is 1.53 bits per heavy atom. The quantitative estimate of drug-likeness (QED) is 0.415. The lowest BCUT2D eigenvalue weighted by molar-refractivity contribution is 0.357. The lowest BCUT2D eigenvalue weighted by Gasteiger charge is -2.38. The normalized spacial score (nSPS) is 22.8. The second kappa shape index (κ2) is 6.65. The minimum Gasteiger partial charge on any atom is -0.0887 e. The molecule has 0 heterocycles. The first-order valence-corrected chi connectivity index (χ1v) is 9.94. The predicted molar refractivity (Wildman–Crippen MR) is 89.8 cm³/mol. The second-order valence-corrected chi connectivity index (χ2v) is 8.12. The molecule has 98 valence electrons. The zero-order valence-electron chi connectivity index (χ0n) is 11.8. The van der Waals surface area contributed by atoms with E-state index in [1.807, 2.05) is 8.93 Å². The SMILES string of the molecule is C/C=C(\C)CC(SI)C1=C(C)CCCC1(C)C. The molecular formula is C15H25IS. The number of rotatable bonds is 4. The molecule has 1 aliphatic rings. The van der Waals surface area contributed by atoms with Gasteiger partial charge in [-0.1, -0.05) is 45.6 Å². The average molecular weight is 364 g/mol. The first-order chi connectivity index (χ1) is 7.92. The summed E-state index contributed by atoms with van der Waals surface area (Å²) in [6, 6.07) is 0. The van der Waals surface area contributed by atoms with Gasteiger partial charge in [0, 0.05) is 5.25 Å². The van der Waals surface area contributed by atoms with Crippen LogP contribution in [0.1, 0.15) is 60.3 Å². The maximum atomic E-state index is 2.48. The van der Waals surface area contributed by atoms with Gasteiger partial charge in [-0.3, -0.25) is 0 Å². The van der Waals surface area contributed by atoms with Crippen molar-refractivity contribution in [2.75, 3.05) is 0 Å². The van der Waals surface area contributed by atoms with Crippen molar-refractivity contribution in [3.05, 3.63) is 22.8 Å². The van der Waals surface area contributed by atoms with Gasteiger partial charge in [0.05, 0.1) is 0 Å². The highest BCUT2D eigenvalue weighted by atomic mass is 127. The van der Waals surface area contributed by atoms with Crippen LogP contribution in [-0.4, -0.2) is 5.25 Å². The van der Waals surface area contributed by atoms with E-state index >= 15 is 0 Å². The van der Waals surface area contributed by atoms with Crippen molar-refractivity contribution in [2.45, 2.75) is 65.6 Å². The molecule has 0 amide bonds. The van der Waals surface area contributed by atoms with Gasteiger partial charge in [-0.15, -0.1) is 0 Å². The lowest BCUT2D eigenvalue weighted by atomic mass is 9.71. The van der Waals surface area contributed by atoms with Crippen molar-refractivity contribution >= 4 is 30.1 Å². The molecule has 17 heavy (non-hydrogen) atoms. The summed E-state index contributed by atoms with van der Waals surface area (Å²) in [7, 11) is 2.00. The zero-order chi connectivity index (χ0) is 13.1. The summed E-state index contributed by atoms with van der Waals surface area (Å²) in [5, 5.41) is 0.669. The average Bonchev–Trinajstić information content (AvgIpc) is 2.26. The van der Waals surface area contributed by atoms with E-state index in [4.69, 9.17) is 0 Å². The van der Waals surface area contributed by atoms with Gasteiger partial charge >= 0.3 is 0 Å². The standard InChI is InChI=1S/C15H25IS/c1-6-11(2)10-13(17-16)14-12(3)8-7-9-15(14,4)5/h6,13H,7-10H2,1-5H3/b11-6+. The molecule has 1 aliphatic carbocycles. The summed E-state index contributed by atoms with van der Waals surface area (Å²) in [5.74, 6) is 0. The van der Waals surface area contributed by atoms with E-state index in [0.29, 0.717) is 10.7 Å². The lowest BCUT2D eigenvalue weighted by Crippen LogP contribution is -2.27. The third kappa shape index (κ3) is 4.02. The van der Waals surface area contributed by atoms with Crippen molar-refractivity contribution in [1.82, 2.24) is 0 Å². The van der Waals surface area contributed by atoms with E-state index in [-0.39, 0.29) is 0 Å². The summed E-state index contributed by atoms with van der Waals surface area (Å²) in [6.07, 6.45) is 7.49. The van der Waals surface area contributed by atoms with Gasteiger partial charge in [0.1, 0.15) is 0 Å². The number of hydrogen-bond acceptors (Lipinski definition) is 1. The molecule has 1 rings (SSSR count). The summed E-state index contributed by atoms with van der Waals surface area (Å²) >= 11 is 2.48. The maximum absolute atomic E-state index is 2.48. The molecule has 0 aromatic carbocycles. The van der Waals surface area contributed by atoms with Crippen LogP contribution in [0.3, 0.4) is 0 Å².